The summed E-state index contributed by atoms with van der Waals surface area (Å²) in [5.74, 6) is -2.17. The third kappa shape index (κ3) is 3.49. The molecule has 1 N–H and O–H groups in total. The Bertz CT molecular complexity index is 662. The molecular formula is C15H12ClF3O2. The molecule has 21 heavy (non-hydrogen) atoms. The van der Waals surface area contributed by atoms with E-state index in [4.69, 9.17) is 16.3 Å². The Hall–Kier alpha value is -1.72. The lowest BCUT2D eigenvalue weighted by Gasteiger charge is -2.13. The van der Waals surface area contributed by atoms with E-state index in [0.717, 1.165) is 12.1 Å². The molecule has 0 heterocycles. The summed E-state index contributed by atoms with van der Waals surface area (Å²) in [6, 6.07) is 5.74. The van der Waals surface area contributed by atoms with Gasteiger partial charge in [0.2, 0.25) is 0 Å². The zero-order chi connectivity index (χ0) is 15.6. The van der Waals surface area contributed by atoms with E-state index >= 15 is 0 Å². The van der Waals surface area contributed by atoms with Gasteiger partial charge < -0.3 is 9.84 Å². The maximum Gasteiger partial charge on any atom is 0.165 e. The minimum Gasteiger partial charge on any atom is -0.494 e. The van der Waals surface area contributed by atoms with Crippen LogP contribution in [0.5, 0.6) is 5.75 Å². The fraction of sp³-hybridized carbons (Fsp3) is 0.200. The smallest absolute Gasteiger partial charge is 0.165 e. The van der Waals surface area contributed by atoms with Crippen LogP contribution in [0.2, 0.25) is 5.02 Å². The van der Waals surface area contributed by atoms with Gasteiger partial charge in [-0.15, -0.1) is 0 Å². The third-order valence-corrected chi connectivity index (χ3v) is 3.33. The molecule has 0 aliphatic carbocycles. The minimum absolute atomic E-state index is 0.0666. The van der Waals surface area contributed by atoms with E-state index in [1.807, 2.05) is 0 Å². The van der Waals surface area contributed by atoms with Crippen LogP contribution in [0, 0.1) is 17.5 Å². The van der Waals surface area contributed by atoms with Gasteiger partial charge in [-0.2, -0.15) is 0 Å². The Morgan fingerprint density at radius 1 is 1.10 bits per heavy atom. The highest BCUT2D eigenvalue weighted by Crippen LogP contribution is 2.27. The van der Waals surface area contributed by atoms with Gasteiger partial charge in [0.15, 0.2) is 11.6 Å². The van der Waals surface area contributed by atoms with Gasteiger partial charge >= 0.3 is 0 Å². The standard InChI is InChI=1S/C15H12ClF3O2/c1-21-15-3-2-8(4-13(15)19)5-14(20)9-6-12(18)10(16)7-11(9)17/h2-4,6-7,14,20H,5H2,1H3. The average molecular weight is 317 g/mol. The average Bonchev–Trinajstić information content (AvgIpc) is 2.43. The van der Waals surface area contributed by atoms with Crippen LogP contribution in [0.3, 0.4) is 0 Å². The predicted molar refractivity (Wildman–Crippen MR) is 73.0 cm³/mol. The summed E-state index contributed by atoms with van der Waals surface area (Å²) in [7, 11) is 1.33. The molecule has 0 radical (unpaired) electrons. The van der Waals surface area contributed by atoms with E-state index in [2.05, 4.69) is 0 Å². The number of hydrogen-bond acceptors (Lipinski definition) is 2. The molecule has 0 fully saturated rings. The molecular weight excluding hydrogens is 305 g/mol. The molecule has 0 bridgehead atoms. The van der Waals surface area contributed by atoms with Crippen molar-refractivity contribution in [2.75, 3.05) is 7.11 Å². The molecule has 0 amide bonds. The van der Waals surface area contributed by atoms with E-state index < -0.39 is 23.6 Å². The van der Waals surface area contributed by atoms with Crippen molar-refractivity contribution < 1.29 is 23.0 Å². The SMILES string of the molecule is COc1ccc(CC(O)c2cc(F)c(Cl)cc2F)cc1F. The Labute approximate surface area is 124 Å². The highest BCUT2D eigenvalue weighted by Gasteiger charge is 2.17. The lowest BCUT2D eigenvalue weighted by molar-refractivity contribution is 0.173. The molecule has 1 atom stereocenters. The van der Waals surface area contributed by atoms with Gasteiger partial charge in [0.1, 0.15) is 11.6 Å². The predicted octanol–water partition coefficient (Wildman–Crippen LogP) is 4.04. The Balaban J connectivity index is 2.23. The summed E-state index contributed by atoms with van der Waals surface area (Å²) >= 11 is 5.44. The van der Waals surface area contributed by atoms with Crippen molar-refractivity contribution in [2.45, 2.75) is 12.5 Å². The number of benzene rings is 2. The van der Waals surface area contributed by atoms with Crippen LogP contribution in [0.4, 0.5) is 13.2 Å². The fourth-order valence-corrected chi connectivity index (χ4v) is 2.11. The molecule has 0 saturated heterocycles. The molecule has 2 aromatic carbocycles. The summed E-state index contributed by atoms with van der Waals surface area (Å²) < 4.78 is 45.3. The van der Waals surface area contributed by atoms with Crippen molar-refractivity contribution in [1.29, 1.82) is 0 Å². The number of hydrogen-bond donors (Lipinski definition) is 1. The summed E-state index contributed by atoms with van der Waals surface area (Å²) in [6.45, 7) is 0. The first-order chi connectivity index (χ1) is 9.92. The summed E-state index contributed by atoms with van der Waals surface area (Å²) in [4.78, 5) is 0. The van der Waals surface area contributed by atoms with Gasteiger partial charge in [-0.05, 0) is 29.8 Å². The first-order valence-electron chi connectivity index (χ1n) is 6.07. The van der Waals surface area contributed by atoms with E-state index in [1.165, 1.54) is 25.3 Å². The minimum atomic E-state index is -1.32. The quantitative estimate of drug-likeness (QED) is 0.863. The monoisotopic (exact) mass is 316 g/mol. The van der Waals surface area contributed by atoms with E-state index in [-0.39, 0.29) is 22.8 Å². The first-order valence-corrected chi connectivity index (χ1v) is 6.45. The number of aliphatic hydroxyl groups excluding tert-OH is 1. The zero-order valence-corrected chi connectivity index (χ0v) is 11.8. The molecule has 6 heteroatoms. The van der Waals surface area contributed by atoms with Crippen LogP contribution in [0.25, 0.3) is 0 Å². The maximum atomic E-state index is 13.7. The maximum absolute atomic E-state index is 13.7. The Kier molecular flexibility index (Phi) is 4.75. The number of rotatable bonds is 4. The Morgan fingerprint density at radius 2 is 1.81 bits per heavy atom. The van der Waals surface area contributed by atoms with Crippen LogP contribution in [-0.4, -0.2) is 12.2 Å². The summed E-state index contributed by atoms with van der Waals surface area (Å²) in [5.41, 5.74) is 0.198. The summed E-state index contributed by atoms with van der Waals surface area (Å²) in [5, 5.41) is 9.62. The van der Waals surface area contributed by atoms with Gasteiger partial charge in [-0.25, -0.2) is 13.2 Å². The van der Waals surface area contributed by atoms with Gasteiger partial charge in [-0.1, -0.05) is 17.7 Å². The number of aliphatic hydroxyl groups is 1. The van der Waals surface area contributed by atoms with Crippen LogP contribution in [0.1, 0.15) is 17.2 Å². The molecule has 0 saturated carbocycles. The van der Waals surface area contributed by atoms with Gasteiger partial charge in [0.05, 0.1) is 18.2 Å². The second-order valence-electron chi connectivity index (χ2n) is 4.48. The van der Waals surface area contributed by atoms with Gasteiger partial charge in [0.25, 0.3) is 0 Å². The highest BCUT2D eigenvalue weighted by molar-refractivity contribution is 6.30. The number of halogens is 4. The fourth-order valence-electron chi connectivity index (χ4n) is 1.96. The lowest BCUT2D eigenvalue weighted by atomic mass is 10.0. The largest absolute Gasteiger partial charge is 0.494 e. The third-order valence-electron chi connectivity index (χ3n) is 3.04. The summed E-state index contributed by atoms with van der Waals surface area (Å²) in [6.07, 6.45) is -1.39. The van der Waals surface area contributed by atoms with Crippen LogP contribution in [0.15, 0.2) is 30.3 Å². The molecule has 2 rings (SSSR count). The second-order valence-corrected chi connectivity index (χ2v) is 4.88. The van der Waals surface area contributed by atoms with Crippen molar-refractivity contribution in [1.82, 2.24) is 0 Å². The Morgan fingerprint density at radius 3 is 2.43 bits per heavy atom. The van der Waals surface area contributed by atoms with E-state index in [9.17, 15) is 18.3 Å². The normalized spacial score (nSPS) is 12.3. The molecule has 112 valence electrons. The molecule has 0 aliphatic heterocycles. The molecule has 2 nitrogen and oxygen atoms in total. The van der Waals surface area contributed by atoms with E-state index in [0.29, 0.717) is 5.56 Å². The van der Waals surface area contributed by atoms with Crippen molar-refractivity contribution in [3.8, 4) is 5.75 Å². The molecule has 2 aromatic rings. The molecule has 0 aromatic heterocycles. The van der Waals surface area contributed by atoms with Crippen molar-refractivity contribution >= 4 is 11.6 Å². The van der Waals surface area contributed by atoms with E-state index in [1.54, 1.807) is 0 Å². The van der Waals surface area contributed by atoms with Crippen molar-refractivity contribution in [3.05, 3.63) is 63.9 Å². The topological polar surface area (TPSA) is 29.5 Å². The van der Waals surface area contributed by atoms with Crippen LogP contribution < -0.4 is 4.74 Å². The number of methoxy groups -OCH3 is 1. The highest BCUT2D eigenvalue weighted by atomic mass is 35.5. The number of ether oxygens (including phenoxy) is 1. The molecule has 1 unspecified atom stereocenters. The lowest BCUT2D eigenvalue weighted by Crippen LogP contribution is -2.06. The first kappa shape index (κ1) is 15.7. The molecule has 0 aliphatic rings. The molecule has 0 spiro atoms. The van der Waals surface area contributed by atoms with Gasteiger partial charge in [0, 0.05) is 12.0 Å². The van der Waals surface area contributed by atoms with Crippen LogP contribution >= 0.6 is 11.6 Å². The second kappa shape index (κ2) is 6.37. The van der Waals surface area contributed by atoms with Crippen molar-refractivity contribution in [2.24, 2.45) is 0 Å². The van der Waals surface area contributed by atoms with Gasteiger partial charge in [-0.3, -0.25) is 0 Å². The zero-order valence-electron chi connectivity index (χ0n) is 11.0. The van der Waals surface area contributed by atoms with Crippen LogP contribution in [-0.2, 0) is 6.42 Å². The van der Waals surface area contributed by atoms with Crippen molar-refractivity contribution in [3.63, 3.8) is 0 Å².